The van der Waals surface area contributed by atoms with Crippen molar-refractivity contribution >= 4 is 0 Å². The van der Waals surface area contributed by atoms with Crippen LogP contribution in [0.5, 0.6) is 0 Å². The zero-order valence-electron chi connectivity index (χ0n) is 8.13. The van der Waals surface area contributed by atoms with Crippen molar-refractivity contribution in [2.24, 2.45) is 5.41 Å². The molecule has 1 heterocycles. The molecule has 0 bridgehead atoms. The molecule has 1 saturated heterocycles. The topological polar surface area (TPSA) is 29.5 Å². The van der Waals surface area contributed by atoms with E-state index in [0.29, 0.717) is 13.2 Å². The predicted molar refractivity (Wildman–Crippen MR) is 49.0 cm³/mol. The van der Waals surface area contributed by atoms with E-state index in [-0.39, 0.29) is 5.41 Å². The van der Waals surface area contributed by atoms with E-state index in [1.165, 1.54) is 0 Å². The average molecular weight is 170 g/mol. The highest BCUT2D eigenvalue weighted by molar-refractivity contribution is 5.10. The van der Waals surface area contributed by atoms with Crippen LogP contribution < -0.4 is 0 Å². The Morgan fingerprint density at radius 2 is 2.17 bits per heavy atom. The fourth-order valence-electron chi connectivity index (χ4n) is 1.70. The summed E-state index contributed by atoms with van der Waals surface area (Å²) in [6.07, 6.45) is 4.72. The molecule has 1 N–H and O–H groups in total. The number of aliphatic hydroxyl groups is 1. The molecule has 0 spiro atoms. The van der Waals surface area contributed by atoms with E-state index in [1.54, 1.807) is 0 Å². The molecule has 0 radical (unpaired) electrons. The first kappa shape index (κ1) is 9.75. The highest BCUT2D eigenvalue weighted by atomic mass is 16.5. The summed E-state index contributed by atoms with van der Waals surface area (Å²) >= 11 is 0. The van der Waals surface area contributed by atoms with Gasteiger partial charge in [0.1, 0.15) is 0 Å². The largest absolute Gasteiger partial charge is 0.385 e. The third-order valence-corrected chi connectivity index (χ3v) is 3.00. The number of hydrogen-bond donors (Lipinski definition) is 1. The van der Waals surface area contributed by atoms with Crippen LogP contribution in [0, 0.1) is 5.41 Å². The summed E-state index contributed by atoms with van der Waals surface area (Å²) in [5.74, 6) is 0. The molecule has 2 nitrogen and oxygen atoms in total. The van der Waals surface area contributed by atoms with Gasteiger partial charge < -0.3 is 9.84 Å². The SMILES string of the molecule is CC=CC(C)(O)C1(CC)COC1. The molecule has 0 saturated carbocycles. The highest BCUT2D eigenvalue weighted by Gasteiger charge is 2.49. The van der Waals surface area contributed by atoms with Crippen LogP contribution >= 0.6 is 0 Å². The van der Waals surface area contributed by atoms with Gasteiger partial charge in [0, 0.05) is 5.41 Å². The van der Waals surface area contributed by atoms with Gasteiger partial charge in [-0.2, -0.15) is 0 Å². The Kier molecular flexibility index (Phi) is 2.59. The minimum absolute atomic E-state index is 0.0422. The Labute approximate surface area is 74.2 Å². The lowest BCUT2D eigenvalue weighted by Crippen LogP contribution is -2.57. The third kappa shape index (κ3) is 1.29. The second kappa shape index (κ2) is 3.19. The fraction of sp³-hybridized carbons (Fsp3) is 0.800. The summed E-state index contributed by atoms with van der Waals surface area (Å²) in [4.78, 5) is 0. The average Bonchev–Trinajstić information content (AvgIpc) is 1.84. The first-order valence-corrected chi connectivity index (χ1v) is 4.52. The number of ether oxygens (including phenoxy) is 1. The zero-order chi connectivity index (χ0) is 9.24. The Hall–Kier alpha value is -0.340. The van der Waals surface area contributed by atoms with E-state index in [4.69, 9.17) is 4.74 Å². The summed E-state index contributed by atoms with van der Waals surface area (Å²) < 4.78 is 5.17. The minimum atomic E-state index is -0.714. The Bertz CT molecular complexity index is 173. The molecule has 0 aromatic carbocycles. The van der Waals surface area contributed by atoms with Crippen LogP contribution in [0.4, 0.5) is 0 Å². The summed E-state index contributed by atoms with van der Waals surface area (Å²) in [5, 5.41) is 10.1. The quantitative estimate of drug-likeness (QED) is 0.654. The normalized spacial score (nSPS) is 26.7. The molecule has 12 heavy (non-hydrogen) atoms. The van der Waals surface area contributed by atoms with E-state index in [9.17, 15) is 5.11 Å². The maximum Gasteiger partial charge on any atom is 0.0899 e. The number of rotatable bonds is 3. The molecular formula is C10H18O2. The van der Waals surface area contributed by atoms with E-state index in [2.05, 4.69) is 6.92 Å². The second-order valence-electron chi connectivity index (χ2n) is 3.77. The van der Waals surface area contributed by atoms with Gasteiger partial charge in [-0.05, 0) is 20.3 Å². The van der Waals surface area contributed by atoms with Crippen molar-refractivity contribution in [3.8, 4) is 0 Å². The van der Waals surface area contributed by atoms with Crippen LogP contribution in [-0.2, 0) is 4.74 Å². The van der Waals surface area contributed by atoms with E-state index in [1.807, 2.05) is 26.0 Å². The molecule has 1 unspecified atom stereocenters. The van der Waals surface area contributed by atoms with Gasteiger partial charge >= 0.3 is 0 Å². The minimum Gasteiger partial charge on any atom is -0.385 e. The van der Waals surface area contributed by atoms with Crippen molar-refractivity contribution in [1.82, 2.24) is 0 Å². The lowest BCUT2D eigenvalue weighted by Gasteiger charge is -2.49. The molecule has 1 fully saturated rings. The van der Waals surface area contributed by atoms with Gasteiger partial charge in [0.2, 0.25) is 0 Å². The standard InChI is InChI=1S/C10H18O2/c1-4-6-9(3,11)10(5-2)7-12-8-10/h4,6,11H,5,7-8H2,1-3H3. The second-order valence-corrected chi connectivity index (χ2v) is 3.77. The van der Waals surface area contributed by atoms with E-state index < -0.39 is 5.60 Å². The van der Waals surface area contributed by atoms with E-state index in [0.717, 1.165) is 6.42 Å². The van der Waals surface area contributed by atoms with Crippen LogP contribution in [0.1, 0.15) is 27.2 Å². The van der Waals surface area contributed by atoms with Gasteiger partial charge in [-0.25, -0.2) is 0 Å². The van der Waals surface area contributed by atoms with Gasteiger partial charge in [-0.15, -0.1) is 0 Å². The predicted octanol–water partition coefficient (Wildman–Crippen LogP) is 1.74. The van der Waals surface area contributed by atoms with Crippen molar-refractivity contribution in [2.45, 2.75) is 32.8 Å². The summed E-state index contributed by atoms with van der Waals surface area (Å²) in [6.45, 7) is 7.25. The van der Waals surface area contributed by atoms with Gasteiger partial charge in [0.05, 0.1) is 18.8 Å². The summed E-state index contributed by atoms with van der Waals surface area (Å²) in [6, 6.07) is 0. The molecule has 0 aromatic heterocycles. The van der Waals surface area contributed by atoms with E-state index >= 15 is 0 Å². The molecule has 1 aliphatic rings. The van der Waals surface area contributed by atoms with Gasteiger partial charge in [-0.3, -0.25) is 0 Å². The lowest BCUT2D eigenvalue weighted by atomic mass is 9.69. The monoisotopic (exact) mass is 170 g/mol. The van der Waals surface area contributed by atoms with Crippen molar-refractivity contribution in [3.05, 3.63) is 12.2 Å². The highest BCUT2D eigenvalue weighted by Crippen LogP contribution is 2.42. The first-order chi connectivity index (χ1) is 5.58. The maximum atomic E-state index is 10.1. The molecule has 2 heteroatoms. The molecule has 1 aliphatic heterocycles. The third-order valence-electron chi connectivity index (χ3n) is 3.00. The van der Waals surface area contributed by atoms with Gasteiger partial charge in [0.25, 0.3) is 0 Å². The van der Waals surface area contributed by atoms with Crippen molar-refractivity contribution in [1.29, 1.82) is 0 Å². The van der Waals surface area contributed by atoms with Crippen LogP contribution in [-0.4, -0.2) is 23.9 Å². The molecule has 0 amide bonds. The Morgan fingerprint density at radius 3 is 2.42 bits per heavy atom. The van der Waals surface area contributed by atoms with Crippen LogP contribution in [0.2, 0.25) is 0 Å². The Balaban J connectivity index is 2.76. The fourth-order valence-corrected chi connectivity index (χ4v) is 1.70. The maximum absolute atomic E-state index is 10.1. The van der Waals surface area contributed by atoms with Crippen molar-refractivity contribution in [2.75, 3.05) is 13.2 Å². The molecule has 0 aliphatic carbocycles. The van der Waals surface area contributed by atoms with Gasteiger partial charge in [-0.1, -0.05) is 19.1 Å². The smallest absolute Gasteiger partial charge is 0.0899 e. The molecule has 1 atom stereocenters. The van der Waals surface area contributed by atoms with Gasteiger partial charge in [0.15, 0.2) is 0 Å². The summed E-state index contributed by atoms with van der Waals surface area (Å²) in [7, 11) is 0. The first-order valence-electron chi connectivity index (χ1n) is 4.52. The lowest BCUT2D eigenvalue weighted by molar-refractivity contribution is -0.198. The number of allylic oxidation sites excluding steroid dienone is 1. The molecular weight excluding hydrogens is 152 g/mol. The van der Waals surface area contributed by atoms with Crippen molar-refractivity contribution < 1.29 is 9.84 Å². The molecule has 0 aromatic rings. The molecule has 1 rings (SSSR count). The zero-order valence-corrected chi connectivity index (χ0v) is 8.13. The Morgan fingerprint density at radius 1 is 1.58 bits per heavy atom. The summed E-state index contributed by atoms with van der Waals surface area (Å²) in [5.41, 5.74) is -0.756. The van der Waals surface area contributed by atoms with Crippen LogP contribution in [0.25, 0.3) is 0 Å². The van der Waals surface area contributed by atoms with Crippen LogP contribution in [0.3, 0.4) is 0 Å². The van der Waals surface area contributed by atoms with Crippen LogP contribution in [0.15, 0.2) is 12.2 Å². The number of hydrogen-bond acceptors (Lipinski definition) is 2. The van der Waals surface area contributed by atoms with Crippen molar-refractivity contribution in [3.63, 3.8) is 0 Å². The molecule has 70 valence electrons.